The number of benzene rings is 1. The number of carbonyl (C=O) groups excluding carboxylic acids is 1. The van der Waals surface area contributed by atoms with Crippen LogP contribution in [0.5, 0.6) is 0 Å². The smallest absolute Gasteiger partial charge is 0.252 e. The zero-order valence-electron chi connectivity index (χ0n) is 15.0. The van der Waals surface area contributed by atoms with Crippen LogP contribution in [0.2, 0.25) is 0 Å². The lowest BCUT2D eigenvalue weighted by Crippen LogP contribution is -2.27. The van der Waals surface area contributed by atoms with Crippen LogP contribution in [0.15, 0.2) is 48.7 Å². The van der Waals surface area contributed by atoms with Crippen LogP contribution in [0.4, 0.5) is 5.82 Å². The molecule has 0 saturated carbocycles. The molecule has 1 aromatic heterocycles. The molecule has 0 bridgehead atoms. The maximum absolute atomic E-state index is 11.9. The number of nitrogens with zero attached hydrogens (tertiary/aromatic N) is 2. The number of ether oxygens (including phenoxy) is 1. The van der Waals surface area contributed by atoms with Gasteiger partial charge in [-0.3, -0.25) is 4.79 Å². The van der Waals surface area contributed by atoms with Crippen LogP contribution < -0.4 is 10.6 Å². The summed E-state index contributed by atoms with van der Waals surface area (Å²) >= 11 is 0. The minimum atomic E-state index is -0.147. The standard InChI is InChI=1S/C19H26N4O2/c1-23(2)17(15-7-5-4-6-8-15)14-22-18-10-9-16(13-21-18)19(24)20-11-12-25-3/h4-10,13,17H,11-12,14H2,1-3H3,(H,20,24)(H,21,22)/t17-/m0/s1. The number of methoxy groups -OCH3 is 1. The Bertz CT molecular complexity index is 644. The number of pyridine rings is 1. The fraction of sp³-hybridized carbons (Fsp3) is 0.368. The first-order chi connectivity index (χ1) is 12.1. The summed E-state index contributed by atoms with van der Waals surface area (Å²) in [7, 11) is 5.71. The molecule has 0 unspecified atom stereocenters. The third-order valence-corrected chi connectivity index (χ3v) is 3.90. The third kappa shape index (κ3) is 5.85. The van der Waals surface area contributed by atoms with Crippen molar-refractivity contribution in [1.29, 1.82) is 0 Å². The Labute approximate surface area is 149 Å². The van der Waals surface area contributed by atoms with Gasteiger partial charge < -0.3 is 20.3 Å². The van der Waals surface area contributed by atoms with Crippen LogP contribution in [0, 0.1) is 0 Å². The van der Waals surface area contributed by atoms with Crippen molar-refractivity contribution in [2.24, 2.45) is 0 Å². The highest BCUT2D eigenvalue weighted by atomic mass is 16.5. The molecular formula is C19H26N4O2. The minimum Gasteiger partial charge on any atom is -0.383 e. The molecule has 0 aliphatic heterocycles. The number of nitrogens with one attached hydrogen (secondary N) is 2. The average molecular weight is 342 g/mol. The molecule has 134 valence electrons. The van der Waals surface area contributed by atoms with Crippen molar-refractivity contribution in [3.63, 3.8) is 0 Å². The van der Waals surface area contributed by atoms with Gasteiger partial charge >= 0.3 is 0 Å². The second kappa shape index (κ2) is 9.76. The van der Waals surface area contributed by atoms with Gasteiger partial charge in [-0.15, -0.1) is 0 Å². The number of amides is 1. The van der Waals surface area contributed by atoms with E-state index in [1.807, 2.05) is 24.3 Å². The van der Waals surface area contributed by atoms with Crippen molar-refractivity contribution in [1.82, 2.24) is 15.2 Å². The molecule has 1 aromatic carbocycles. The number of anilines is 1. The molecule has 0 aliphatic carbocycles. The molecule has 25 heavy (non-hydrogen) atoms. The molecule has 1 amide bonds. The molecule has 1 atom stereocenters. The summed E-state index contributed by atoms with van der Waals surface area (Å²) in [4.78, 5) is 18.4. The zero-order chi connectivity index (χ0) is 18.1. The Kier molecular flexibility index (Phi) is 7.37. The Balaban J connectivity index is 1.93. The van der Waals surface area contributed by atoms with E-state index in [-0.39, 0.29) is 11.9 Å². The van der Waals surface area contributed by atoms with Crippen molar-refractivity contribution in [2.75, 3.05) is 46.2 Å². The van der Waals surface area contributed by atoms with Crippen LogP contribution >= 0.6 is 0 Å². The molecule has 6 heteroatoms. The Morgan fingerprint density at radius 2 is 1.96 bits per heavy atom. The van der Waals surface area contributed by atoms with Gasteiger partial charge in [-0.05, 0) is 31.8 Å². The Morgan fingerprint density at radius 1 is 1.20 bits per heavy atom. The molecule has 0 spiro atoms. The van der Waals surface area contributed by atoms with E-state index >= 15 is 0 Å². The normalized spacial score (nSPS) is 12.0. The van der Waals surface area contributed by atoms with Gasteiger partial charge in [0.25, 0.3) is 5.91 Å². The average Bonchev–Trinajstić information content (AvgIpc) is 2.63. The van der Waals surface area contributed by atoms with Gasteiger partial charge in [0, 0.05) is 26.4 Å². The van der Waals surface area contributed by atoms with Crippen LogP contribution in [0.25, 0.3) is 0 Å². The quantitative estimate of drug-likeness (QED) is 0.684. The van der Waals surface area contributed by atoms with Crippen molar-refractivity contribution >= 4 is 11.7 Å². The first-order valence-electron chi connectivity index (χ1n) is 8.30. The molecule has 6 nitrogen and oxygen atoms in total. The second-order valence-corrected chi connectivity index (χ2v) is 5.95. The van der Waals surface area contributed by atoms with Gasteiger partial charge in [0.15, 0.2) is 0 Å². The summed E-state index contributed by atoms with van der Waals surface area (Å²) in [5.74, 6) is 0.600. The molecule has 0 saturated heterocycles. The molecule has 2 aromatic rings. The summed E-state index contributed by atoms with van der Waals surface area (Å²) in [6, 6.07) is 14.2. The van der Waals surface area contributed by atoms with Crippen LogP contribution in [-0.2, 0) is 4.74 Å². The summed E-state index contributed by atoms with van der Waals surface area (Å²) in [5, 5.41) is 6.11. The number of rotatable bonds is 9. The van der Waals surface area contributed by atoms with E-state index < -0.39 is 0 Å². The van der Waals surface area contributed by atoms with Gasteiger partial charge in [0.05, 0.1) is 18.2 Å². The first-order valence-corrected chi connectivity index (χ1v) is 8.30. The van der Waals surface area contributed by atoms with E-state index in [1.165, 1.54) is 5.56 Å². The number of carbonyl (C=O) groups is 1. The lowest BCUT2D eigenvalue weighted by Gasteiger charge is -2.25. The zero-order valence-corrected chi connectivity index (χ0v) is 15.0. The number of likely N-dealkylation sites (N-methyl/N-ethyl adjacent to an activating group) is 1. The van der Waals surface area contributed by atoms with Crippen molar-refractivity contribution in [2.45, 2.75) is 6.04 Å². The minimum absolute atomic E-state index is 0.147. The van der Waals surface area contributed by atoms with Crippen molar-refractivity contribution < 1.29 is 9.53 Å². The number of hydrogen-bond acceptors (Lipinski definition) is 5. The van der Waals surface area contributed by atoms with E-state index in [4.69, 9.17) is 4.74 Å². The summed E-state index contributed by atoms with van der Waals surface area (Å²) in [6.07, 6.45) is 1.58. The molecule has 2 rings (SSSR count). The first kappa shape index (κ1) is 18.9. The maximum atomic E-state index is 11.9. The van der Waals surface area contributed by atoms with Crippen LogP contribution in [0.3, 0.4) is 0 Å². The molecule has 0 aliphatic rings. The molecular weight excluding hydrogens is 316 g/mol. The fourth-order valence-electron chi connectivity index (χ4n) is 2.48. The largest absolute Gasteiger partial charge is 0.383 e. The highest BCUT2D eigenvalue weighted by molar-refractivity contribution is 5.94. The van der Waals surface area contributed by atoms with Crippen molar-refractivity contribution in [3.05, 3.63) is 59.8 Å². The van der Waals surface area contributed by atoms with E-state index in [9.17, 15) is 4.79 Å². The monoisotopic (exact) mass is 342 g/mol. The molecule has 0 fully saturated rings. The fourth-order valence-corrected chi connectivity index (χ4v) is 2.48. The number of hydrogen-bond donors (Lipinski definition) is 2. The maximum Gasteiger partial charge on any atom is 0.252 e. The topological polar surface area (TPSA) is 66.5 Å². The SMILES string of the molecule is COCCNC(=O)c1ccc(NC[C@@H](c2ccccc2)N(C)C)nc1. The summed E-state index contributed by atoms with van der Waals surface area (Å²) in [6.45, 7) is 1.70. The summed E-state index contributed by atoms with van der Waals surface area (Å²) < 4.78 is 4.91. The van der Waals surface area contributed by atoms with E-state index in [0.717, 1.165) is 12.4 Å². The van der Waals surface area contributed by atoms with Gasteiger partial charge in [0.2, 0.25) is 0 Å². The predicted octanol–water partition coefficient (Wildman–Crippen LogP) is 2.17. The van der Waals surface area contributed by atoms with Crippen molar-refractivity contribution in [3.8, 4) is 0 Å². The second-order valence-electron chi connectivity index (χ2n) is 5.95. The molecule has 0 radical (unpaired) electrons. The van der Waals surface area contributed by atoms with Gasteiger partial charge in [0.1, 0.15) is 5.82 Å². The highest BCUT2D eigenvalue weighted by Crippen LogP contribution is 2.18. The lowest BCUT2D eigenvalue weighted by atomic mass is 10.1. The Morgan fingerprint density at radius 3 is 2.56 bits per heavy atom. The van der Waals surface area contributed by atoms with Gasteiger partial charge in [-0.25, -0.2) is 4.98 Å². The molecule has 1 heterocycles. The summed E-state index contributed by atoms with van der Waals surface area (Å²) in [5.41, 5.74) is 1.78. The van der Waals surface area contributed by atoms with E-state index in [0.29, 0.717) is 18.7 Å². The van der Waals surface area contributed by atoms with Gasteiger partial charge in [-0.2, -0.15) is 0 Å². The highest BCUT2D eigenvalue weighted by Gasteiger charge is 2.13. The Hall–Kier alpha value is -2.44. The predicted molar refractivity (Wildman–Crippen MR) is 99.8 cm³/mol. The third-order valence-electron chi connectivity index (χ3n) is 3.90. The van der Waals surface area contributed by atoms with Crippen LogP contribution in [0.1, 0.15) is 22.0 Å². The lowest BCUT2D eigenvalue weighted by molar-refractivity contribution is 0.0937. The van der Waals surface area contributed by atoms with E-state index in [1.54, 1.807) is 19.4 Å². The molecule has 2 N–H and O–H groups in total. The van der Waals surface area contributed by atoms with E-state index in [2.05, 4.69) is 46.7 Å². The van der Waals surface area contributed by atoms with Crippen LogP contribution in [-0.4, -0.2) is 56.7 Å². The van der Waals surface area contributed by atoms with Gasteiger partial charge in [-0.1, -0.05) is 30.3 Å². The number of aromatic nitrogens is 1.